The molecule has 0 aliphatic carbocycles. The summed E-state index contributed by atoms with van der Waals surface area (Å²) in [4.78, 5) is 33.1. The average Bonchev–Trinajstić information content (AvgIpc) is 3.02. The molecule has 0 radical (unpaired) electrons. The van der Waals surface area contributed by atoms with Crippen LogP contribution >= 0.6 is 11.3 Å². The van der Waals surface area contributed by atoms with Crippen LogP contribution in [0.15, 0.2) is 46.7 Å². The number of thiazole rings is 1. The van der Waals surface area contributed by atoms with Gasteiger partial charge in [0.2, 0.25) is 0 Å². The van der Waals surface area contributed by atoms with Gasteiger partial charge in [0.15, 0.2) is 0 Å². The van der Waals surface area contributed by atoms with Gasteiger partial charge in [-0.1, -0.05) is 30.3 Å². The van der Waals surface area contributed by atoms with Gasteiger partial charge in [-0.05, 0) is 12.2 Å². The molecule has 0 bridgehead atoms. The molecule has 7 heteroatoms. The molecular weight excluding hydrogens is 314 g/mol. The molecule has 0 atom stereocenters. The third-order valence-electron chi connectivity index (χ3n) is 3.02. The van der Waals surface area contributed by atoms with Crippen molar-refractivity contribution in [1.29, 1.82) is 0 Å². The van der Waals surface area contributed by atoms with Gasteiger partial charge in [0.05, 0.1) is 5.69 Å². The Balaban J connectivity index is 1.81. The van der Waals surface area contributed by atoms with Gasteiger partial charge in [0, 0.05) is 17.1 Å². The first-order chi connectivity index (χ1) is 11.1. The van der Waals surface area contributed by atoms with Gasteiger partial charge in [-0.3, -0.25) is 4.79 Å². The summed E-state index contributed by atoms with van der Waals surface area (Å²) in [5.41, 5.74) is 0.831. The van der Waals surface area contributed by atoms with E-state index in [1.165, 1.54) is 11.3 Å². The Morgan fingerprint density at radius 3 is 2.70 bits per heavy atom. The number of nitrogens with one attached hydrogen (secondary N) is 1. The summed E-state index contributed by atoms with van der Waals surface area (Å²) in [6.07, 6.45) is 4.34. The van der Waals surface area contributed by atoms with E-state index in [-0.39, 0.29) is 11.4 Å². The van der Waals surface area contributed by atoms with E-state index < -0.39 is 11.5 Å². The van der Waals surface area contributed by atoms with Crippen molar-refractivity contribution in [2.75, 3.05) is 0 Å². The molecule has 114 valence electrons. The van der Waals surface area contributed by atoms with Crippen LogP contribution in [0.1, 0.15) is 21.2 Å². The SMILES string of the molecule is O=C(O)c1cnc(/C=C/c2nc(-c3ccccc3)cs2)[nH]c1=O. The number of H-pyrrole nitrogens is 1. The fraction of sp³-hybridized carbons (Fsp3) is 0. The third kappa shape index (κ3) is 3.41. The zero-order chi connectivity index (χ0) is 16.2. The Bertz CT molecular complexity index is 929. The summed E-state index contributed by atoms with van der Waals surface area (Å²) in [6, 6.07) is 9.80. The molecule has 2 aromatic heterocycles. The molecular formula is C16H11N3O3S. The molecule has 23 heavy (non-hydrogen) atoms. The molecule has 0 amide bonds. The lowest BCUT2D eigenvalue weighted by molar-refractivity contribution is 0.0694. The predicted octanol–water partition coefficient (Wildman–Crippen LogP) is 2.76. The van der Waals surface area contributed by atoms with Crippen LogP contribution in [0, 0.1) is 0 Å². The normalized spacial score (nSPS) is 11.0. The van der Waals surface area contributed by atoms with Gasteiger partial charge in [0.1, 0.15) is 16.4 Å². The molecule has 0 saturated heterocycles. The van der Waals surface area contributed by atoms with Crippen molar-refractivity contribution in [1.82, 2.24) is 15.0 Å². The zero-order valence-corrected chi connectivity index (χ0v) is 12.6. The molecule has 1 aromatic carbocycles. The van der Waals surface area contributed by atoms with E-state index in [1.807, 2.05) is 35.7 Å². The lowest BCUT2D eigenvalue weighted by Gasteiger charge is -1.95. The molecule has 0 unspecified atom stereocenters. The van der Waals surface area contributed by atoms with Crippen LogP contribution in [0.3, 0.4) is 0 Å². The van der Waals surface area contributed by atoms with Crippen LogP contribution < -0.4 is 5.56 Å². The monoisotopic (exact) mass is 325 g/mol. The standard InChI is InChI=1S/C16H11N3O3S/c20-15-11(16(21)22)8-17-13(19-15)6-7-14-18-12(9-23-14)10-4-2-1-3-5-10/h1-9H,(H,21,22)(H,17,19,20)/b7-6+. The smallest absolute Gasteiger partial charge is 0.342 e. The molecule has 2 heterocycles. The highest BCUT2D eigenvalue weighted by molar-refractivity contribution is 7.10. The van der Waals surface area contributed by atoms with Crippen LogP contribution in [0.25, 0.3) is 23.4 Å². The first-order valence-electron chi connectivity index (χ1n) is 6.65. The number of benzene rings is 1. The van der Waals surface area contributed by atoms with Crippen molar-refractivity contribution in [3.05, 3.63) is 68.7 Å². The molecule has 0 aliphatic rings. The molecule has 2 N–H and O–H groups in total. The third-order valence-corrected chi connectivity index (χ3v) is 3.83. The second-order valence-corrected chi connectivity index (χ2v) is 5.48. The summed E-state index contributed by atoms with van der Waals surface area (Å²) in [7, 11) is 0. The number of hydrogen-bond acceptors (Lipinski definition) is 5. The first-order valence-corrected chi connectivity index (χ1v) is 7.53. The highest BCUT2D eigenvalue weighted by Gasteiger charge is 2.08. The number of aromatic amines is 1. The number of carbonyl (C=O) groups is 1. The predicted molar refractivity (Wildman–Crippen MR) is 88.3 cm³/mol. The molecule has 3 aromatic rings. The van der Waals surface area contributed by atoms with Crippen LogP contribution in [0.2, 0.25) is 0 Å². The topological polar surface area (TPSA) is 95.9 Å². The second-order valence-electron chi connectivity index (χ2n) is 4.59. The Hall–Kier alpha value is -3.06. The highest BCUT2D eigenvalue weighted by atomic mass is 32.1. The van der Waals surface area contributed by atoms with Gasteiger partial charge in [-0.2, -0.15) is 0 Å². The van der Waals surface area contributed by atoms with Gasteiger partial charge in [-0.25, -0.2) is 14.8 Å². The van der Waals surface area contributed by atoms with Gasteiger partial charge < -0.3 is 10.1 Å². The lowest BCUT2D eigenvalue weighted by Crippen LogP contribution is -2.18. The number of aromatic carboxylic acids is 1. The number of carboxylic acids is 1. The van der Waals surface area contributed by atoms with Crippen LogP contribution in [-0.2, 0) is 0 Å². The maximum absolute atomic E-state index is 11.6. The largest absolute Gasteiger partial charge is 0.477 e. The maximum Gasteiger partial charge on any atom is 0.342 e. The summed E-state index contributed by atoms with van der Waals surface area (Å²) in [6.45, 7) is 0. The van der Waals surface area contributed by atoms with Crippen molar-refractivity contribution >= 4 is 29.5 Å². The summed E-state index contributed by atoms with van der Waals surface area (Å²) >= 11 is 1.46. The Morgan fingerprint density at radius 2 is 2.00 bits per heavy atom. The van der Waals surface area contributed by atoms with Crippen LogP contribution in [-0.4, -0.2) is 26.0 Å². The first kappa shape index (κ1) is 14.9. The van der Waals surface area contributed by atoms with E-state index in [0.29, 0.717) is 0 Å². The number of rotatable bonds is 4. The minimum absolute atomic E-state index is 0.275. The van der Waals surface area contributed by atoms with E-state index >= 15 is 0 Å². The van der Waals surface area contributed by atoms with Gasteiger partial charge in [-0.15, -0.1) is 11.3 Å². The second kappa shape index (κ2) is 6.37. The Labute approximate surface area is 134 Å². The molecule has 0 spiro atoms. The number of carboxylic acid groups (broad SMARTS) is 1. The number of aromatic nitrogens is 3. The fourth-order valence-corrected chi connectivity index (χ4v) is 2.62. The van der Waals surface area contributed by atoms with Gasteiger partial charge in [0.25, 0.3) is 5.56 Å². The lowest BCUT2D eigenvalue weighted by atomic mass is 10.2. The fourth-order valence-electron chi connectivity index (χ4n) is 1.90. The quantitative estimate of drug-likeness (QED) is 0.769. The van der Waals surface area contributed by atoms with Crippen LogP contribution in [0.5, 0.6) is 0 Å². The van der Waals surface area contributed by atoms with E-state index in [9.17, 15) is 9.59 Å². The average molecular weight is 325 g/mol. The molecule has 0 aliphatic heterocycles. The van der Waals surface area contributed by atoms with Crippen molar-refractivity contribution in [2.45, 2.75) is 0 Å². The number of hydrogen-bond donors (Lipinski definition) is 2. The molecule has 3 rings (SSSR count). The van der Waals surface area contributed by atoms with E-state index in [2.05, 4.69) is 15.0 Å². The Morgan fingerprint density at radius 1 is 1.22 bits per heavy atom. The highest BCUT2D eigenvalue weighted by Crippen LogP contribution is 2.22. The van der Waals surface area contributed by atoms with Crippen LogP contribution in [0.4, 0.5) is 0 Å². The summed E-state index contributed by atoms with van der Waals surface area (Å²) < 4.78 is 0. The van der Waals surface area contributed by atoms with Gasteiger partial charge >= 0.3 is 5.97 Å². The minimum Gasteiger partial charge on any atom is -0.477 e. The van der Waals surface area contributed by atoms with Crippen molar-refractivity contribution in [3.63, 3.8) is 0 Å². The molecule has 6 nitrogen and oxygen atoms in total. The summed E-state index contributed by atoms with van der Waals surface area (Å²) in [5, 5.41) is 11.5. The van der Waals surface area contributed by atoms with E-state index in [0.717, 1.165) is 22.5 Å². The van der Waals surface area contributed by atoms with E-state index in [1.54, 1.807) is 12.2 Å². The zero-order valence-electron chi connectivity index (χ0n) is 11.8. The molecule has 0 saturated carbocycles. The number of nitrogens with zero attached hydrogens (tertiary/aromatic N) is 2. The van der Waals surface area contributed by atoms with E-state index in [4.69, 9.17) is 5.11 Å². The van der Waals surface area contributed by atoms with Crippen molar-refractivity contribution < 1.29 is 9.90 Å². The maximum atomic E-state index is 11.6. The van der Waals surface area contributed by atoms with Crippen molar-refractivity contribution in [3.8, 4) is 11.3 Å². The molecule has 0 fully saturated rings. The van der Waals surface area contributed by atoms with Crippen molar-refractivity contribution in [2.24, 2.45) is 0 Å². The minimum atomic E-state index is -1.30. The Kier molecular flexibility index (Phi) is 4.11. The summed E-state index contributed by atoms with van der Waals surface area (Å²) in [5.74, 6) is -1.03.